The van der Waals surface area contributed by atoms with Gasteiger partial charge in [-0.2, -0.15) is 0 Å². The topological polar surface area (TPSA) is 160 Å². The second kappa shape index (κ2) is 12.5. The second-order valence-corrected chi connectivity index (χ2v) is 13.9. The largest absolute Gasteiger partial charge is 0.474 e. The molecule has 1 saturated heterocycles. The van der Waals surface area contributed by atoms with E-state index in [0.29, 0.717) is 47.9 Å². The van der Waals surface area contributed by atoms with Gasteiger partial charge in [0.15, 0.2) is 16.4 Å². The van der Waals surface area contributed by atoms with Crippen LogP contribution in [-0.4, -0.2) is 78.7 Å². The van der Waals surface area contributed by atoms with Crippen molar-refractivity contribution in [2.75, 3.05) is 19.4 Å². The molecule has 0 saturated carbocycles. The summed E-state index contributed by atoms with van der Waals surface area (Å²) in [6.45, 7) is -0.557. The normalized spacial score (nSPS) is 24.7. The number of esters is 1. The number of aromatic nitrogens is 3. The van der Waals surface area contributed by atoms with Crippen LogP contribution in [-0.2, 0) is 24.9 Å². The molecular weight excluding hydrogens is 644 g/mol. The molecule has 0 aliphatic carbocycles. The van der Waals surface area contributed by atoms with Crippen molar-refractivity contribution in [2.24, 2.45) is 9.98 Å². The molecular formula is C33H31F2N7O5S. The van der Waals surface area contributed by atoms with Crippen molar-refractivity contribution in [3.8, 4) is 5.88 Å². The zero-order chi connectivity index (χ0) is 33.5. The van der Waals surface area contributed by atoms with Gasteiger partial charge in [0.25, 0.3) is 6.43 Å². The lowest BCUT2D eigenvalue weighted by Crippen LogP contribution is -2.47. The molecule has 0 radical (unpaired) electrons. The predicted octanol–water partition coefficient (Wildman–Crippen LogP) is 1.62. The number of rotatable bonds is 7. The Hall–Kier alpha value is -5.02. The van der Waals surface area contributed by atoms with E-state index in [1.54, 1.807) is 24.3 Å². The number of alkyl halides is 2. The highest BCUT2D eigenvalue weighted by molar-refractivity contribution is 7.94. The SMILES string of the molecule is CS(=O)(=O)C1=C2C=CC(=N2)C=c2ccc([nH]2)=CC2=NC(=CC3(c4cc(OC5CCNC(C(=O)OCC(F)F)C5)ncn4)CC=C1N3)C=C2. The van der Waals surface area contributed by atoms with Crippen LogP contribution in [0.4, 0.5) is 8.78 Å². The lowest BCUT2D eigenvalue weighted by atomic mass is 9.91. The highest BCUT2D eigenvalue weighted by Gasteiger charge is 2.40. The van der Waals surface area contributed by atoms with Crippen molar-refractivity contribution >= 4 is 39.4 Å². The molecule has 2 aromatic rings. The summed E-state index contributed by atoms with van der Waals surface area (Å²) >= 11 is 0. The number of carbonyl (C=O) groups is 1. The Labute approximate surface area is 274 Å². The predicted molar refractivity (Wildman–Crippen MR) is 174 cm³/mol. The number of halogens is 2. The number of nitrogens with one attached hydrogen (secondary N) is 3. The summed E-state index contributed by atoms with van der Waals surface area (Å²) in [6, 6.07) is 4.70. The Balaban J connectivity index is 1.25. The average molecular weight is 676 g/mol. The third-order valence-corrected chi connectivity index (χ3v) is 9.46. The van der Waals surface area contributed by atoms with Gasteiger partial charge in [-0.3, -0.25) is 4.79 Å². The van der Waals surface area contributed by atoms with Crippen LogP contribution < -0.4 is 26.1 Å². The number of fused-ring (bicyclic) bond motifs is 6. The Kier molecular flexibility index (Phi) is 8.25. The van der Waals surface area contributed by atoms with E-state index < -0.39 is 46.5 Å². The summed E-state index contributed by atoms with van der Waals surface area (Å²) in [5.41, 5.74) is 2.05. The summed E-state index contributed by atoms with van der Waals surface area (Å²) < 4.78 is 62.5. The van der Waals surface area contributed by atoms with Crippen molar-refractivity contribution in [3.05, 3.63) is 99.4 Å². The van der Waals surface area contributed by atoms with Crippen molar-refractivity contribution in [1.29, 1.82) is 0 Å². The Morgan fingerprint density at radius 1 is 1.08 bits per heavy atom. The minimum absolute atomic E-state index is 0.0474. The monoisotopic (exact) mass is 675 g/mol. The van der Waals surface area contributed by atoms with Crippen LogP contribution >= 0.6 is 0 Å². The molecule has 0 aromatic carbocycles. The smallest absolute Gasteiger partial charge is 0.323 e. The fourth-order valence-corrected chi connectivity index (χ4v) is 7.19. The number of carbonyl (C=O) groups excluding carboxylic acids is 1. The number of hydrogen-bond acceptors (Lipinski definition) is 11. The van der Waals surface area contributed by atoms with Gasteiger partial charge in [-0.05, 0) is 67.6 Å². The maximum absolute atomic E-state index is 13.3. The van der Waals surface area contributed by atoms with Gasteiger partial charge < -0.3 is 25.1 Å². The van der Waals surface area contributed by atoms with Gasteiger partial charge in [-0.15, -0.1) is 0 Å². The molecule has 3 N–H and O–H groups in total. The molecule has 12 nitrogen and oxygen atoms in total. The summed E-state index contributed by atoms with van der Waals surface area (Å²) in [7, 11) is -3.77. The Morgan fingerprint density at radius 3 is 2.62 bits per heavy atom. The van der Waals surface area contributed by atoms with Gasteiger partial charge in [0, 0.05) is 35.9 Å². The van der Waals surface area contributed by atoms with E-state index in [1.165, 1.54) is 6.33 Å². The van der Waals surface area contributed by atoms with Crippen LogP contribution in [0.25, 0.3) is 12.2 Å². The van der Waals surface area contributed by atoms with Gasteiger partial charge in [0.05, 0.1) is 34.2 Å². The molecule has 7 rings (SSSR count). The minimum atomic E-state index is -3.77. The lowest BCUT2D eigenvalue weighted by molar-refractivity contribution is -0.151. The van der Waals surface area contributed by atoms with Crippen LogP contribution in [0.1, 0.15) is 25.0 Å². The van der Waals surface area contributed by atoms with Crippen LogP contribution in [0.5, 0.6) is 5.88 Å². The van der Waals surface area contributed by atoms with Gasteiger partial charge >= 0.3 is 5.97 Å². The van der Waals surface area contributed by atoms with Gasteiger partial charge in [0.1, 0.15) is 28.9 Å². The molecule has 5 aliphatic heterocycles. The van der Waals surface area contributed by atoms with Gasteiger partial charge in [-0.25, -0.2) is 37.2 Å². The van der Waals surface area contributed by atoms with E-state index in [9.17, 15) is 22.0 Å². The molecule has 3 atom stereocenters. The van der Waals surface area contributed by atoms with Crippen LogP contribution in [0, 0.1) is 0 Å². The summed E-state index contributed by atoms with van der Waals surface area (Å²) in [5.74, 6) is -0.535. The molecule has 5 aliphatic rings. The fraction of sp³-hybridized carbons (Fsp3) is 0.303. The van der Waals surface area contributed by atoms with Crippen molar-refractivity contribution < 1.29 is 31.5 Å². The van der Waals surface area contributed by atoms with Crippen LogP contribution in [0.2, 0.25) is 0 Å². The summed E-state index contributed by atoms with van der Waals surface area (Å²) in [4.78, 5) is 34.0. The first-order chi connectivity index (χ1) is 23.0. The Morgan fingerprint density at radius 2 is 1.85 bits per heavy atom. The molecule has 48 heavy (non-hydrogen) atoms. The van der Waals surface area contributed by atoms with Crippen LogP contribution in [0.15, 0.2) is 93.0 Å². The van der Waals surface area contributed by atoms with Gasteiger partial charge in [-0.1, -0.05) is 6.08 Å². The molecule has 0 amide bonds. The first-order valence-corrected chi connectivity index (χ1v) is 17.2. The third-order valence-electron chi connectivity index (χ3n) is 8.29. The Bertz CT molecular complexity index is 2130. The number of hydrogen-bond donors (Lipinski definition) is 3. The molecule has 2 aromatic heterocycles. The molecule has 0 spiro atoms. The summed E-state index contributed by atoms with van der Waals surface area (Å²) in [6.07, 6.45) is 15.0. The highest BCUT2D eigenvalue weighted by atomic mass is 32.2. The highest BCUT2D eigenvalue weighted by Crippen LogP contribution is 2.39. The van der Waals surface area contributed by atoms with E-state index in [0.717, 1.165) is 22.7 Å². The number of aromatic amines is 1. The number of H-pyrrole nitrogens is 1. The van der Waals surface area contributed by atoms with Crippen molar-refractivity contribution in [2.45, 2.75) is 43.4 Å². The number of nitrogens with zero attached hydrogens (tertiary/aromatic N) is 4. The molecule has 3 unspecified atom stereocenters. The summed E-state index contributed by atoms with van der Waals surface area (Å²) in [5, 5.41) is 8.07. The molecule has 7 heterocycles. The lowest BCUT2D eigenvalue weighted by Gasteiger charge is -2.30. The zero-order valence-electron chi connectivity index (χ0n) is 25.7. The van der Waals surface area contributed by atoms with E-state index in [1.807, 2.05) is 42.5 Å². The first-order valence-electron chi connectivity index (χ1n) is 15.3. The first kappa shape index (κ1) is 31.6. The van der Waals surface area contributed by atoms with Gasteiger partial charge in [0.2, 0.25) is 5.88 Å². The number of allylic oxidation sites excluding steroid dienone is 4. The average Bonchev–Trinajstić information content (AvgIpc) is 3.86. The maximum atomic E-state index is 13.3. The van der Waals surface area contributed by atoms with Crippen molar-refractivity contribution in [3.63, 3.8) is 0 Å². The quantitative estimate of drug-likeness (QED) is 0.371. The van der Waals surface area contributed by atoms with E-state index in [4.69, 9.17) is 14.5 Å². The van der Waals surface area contributed by atoms with Crippen LogP contribution in [0.3, 0.4) is 0 Å². The van der Waals surface area contributed by atoms with E-state index >= 15 is 0 Å². The molecule has 1 fully saturated rings. The zero-order valence-corrected chi connectivity index (χ0v) is 26.5. The molecule has 15 heteroatoms. The van der Waals surface area contributed by atoms with E-state index in [-0.39, 0.29) is 17.2 Å². The molecule has 248 valence electrons. The maximum Gasteiger partial charge on any atom is 0.323 e. The minimum Gasteiger partial charge on any atom is -0.474 e. The second-order valence-electron chi connectivity index (χ2n) is 11.9. The number of piperidine rings is 1. The van der Waals surface area contributed by atoms with Crippen molar-refractivity contribution in [1.82, 2.24) is 25.6 Å². The fourth-order valence-electron chi connectivity index (χ4n) is 6.16. The van der Waals surface area contributed by atoms with E-state index in [2.05, 4.69) is 30.6 Å². The number of aliphatic imine (C=N–C) groups is 2. The molecule has 8 bridgehead atoms. The third kappa shape index (κ3) is 6.69. The number of ether oxygens (including phenoxy) is 2. The number of sulfone groups is 1. The standard InChI is InChI=1S/C33H31F2N7O5S/c1-48(44,45)31-25-7-6-22(41-25)13-20-3-2-19(39-20)12-21-4-5-23(40-21)16-33(10-8-26(31)42-33)28-15-30(38-18-37-28)47-24-9-11-36-27(14-24)32(43)46-17-29(34)35/h2-8,12-13,15-16,18,24,27,29,36,39,42H,9-11,14,17H2,1H3.